The fraction of sp³-hybridized carbons (Fsp3) is 0.818. The number of aryl methyl sites for hydroxylation is 1. The molecule has 0 bridgehead atoms. The molecule has 0 N–H and O–H groups in total. The molecule has 1 saturated heterocycles. The summed E-state index contributed by atoms with van der Waals surface area (Å²) in [4.78, 5) is 6.34. The van der Waals surface area contributed by atoms with Crippen LogP contribution in [0.5, 0.6) is 0 Å². The zero-order valence-corrected chi connectivity index (χ0v) is 9.99. The zero-order chi connectivity index (χ0) is 11.6. The Bertz CT molecular complexity index is 348. The first kappa shape index (κ1) is 11.5. The molecule has 5 heteroatoms. The Hall–Kier alpha value is -0.970. The van der Waals surface area contributed by atoms with Crippen LogP contribution in [0, 0.1) is 0 Å². The highest BCUT2D eigenvalue weighted by molar-refractivity contribution is 4.89. The van der Waals surface area contributed by atoms with Gasteiger partial charge in [0.05, 0.1) is 6.54 Å². The van der Waals surface area contributed by atoms with Crippen LogP contribution in [0.25, 0.3) is 0 Å². The monoisotopic (exact) mass is 226 g/mol. The van der Waals surface area contributed by atoms with Crippen molar-refractivity contribution < 1.29 is 4.39 Å². The predicted molar refractivity (Wildman–Crippen MR) is 59.7 cm³/mol. The number of likely N-dealkylation sites (tertiary alicyclic amines) is 1. The van der Waals surface area contributed by atoms with Gasteiger partial charge in [-0.2, -0.15) is 5.10 Å². The normalized spacial score (nSPS) is 27.2. The third-order valence-electron chi connectivity index (χ3n) is 3.09. The van der Waals surface area contributed by atoms with Crippen molar-refractivity contribution in [2.24, 2.45) is 0 Å². The highest BCUT2D eigenvalue weighted by Gasteiger charge is 2.30. The van der Waals surface area contributed by atoms with Crippen LogP contribution in [0.15, 0.2) is 6.33 Å². The van der Waals surface area contributed by atoms with E-state index >= 15 is 0 Å². The molecule has 1 fully saturated rings. The van der Waals surface area contributed by atoms with E-state index in [0.717, 1.165) is 25.3 Å². The summed E-state index contributed by atoms with van der Waals surface area (Å²) in [5, 5.41) is 4.12. The molecule has 16 heavy (non-hydrogen) atoms. The third kappa shape index (κ3) is 2.58. The van der Waals surface area contributed by atoms with E-state index in [-0.39, 0.29) is 0 Å². The van der Waals surface area contributed by atoms with Gasteiger partial charge in [-0.1, -0.05) is 0 Å². The van der Waals surface area contributed by atoms with Gasteiger partial charge in [-0.3, -0.25) is 4.90 Å². The smallest absolute Gasteiger partial charge is 0.140 e. The highest BCUT2D eigenvalue weighted by atomic mass is 19.1. The summed E-state index contributed by atoms with van der Waals surface area (Å²) in [6.07, 6.45) is 3.16. The Kier molecular flexibility index (Phi) is 3.23. The van der Waals surface area contributed by atoms with Crippen LogP contribution in [0.4, 0.5) is 4.39 Å². The minimum Gasteiger partial charge on any atom is -0.293 e. The second kappa shape index (κ2) is 4.49. The molecule has 1 aliphatic rings. The second-order valence-corrected chi connectivity index (χ2v) is 4.72. The average Bonchev–Trinajstić information content (AvgIpc) is 2.63. The molecule has 0 aromatic carbocycles. The Morgan fingerprint density at radius 2 is 2.38 bits per heavy atom. The zero-order valence-electron chi connectivity index (χ0n) is 9.99. The number of halogens is 1. The number of alkyl halides is 1. The lowest BCUT2D eigenvalue weighted by molar-refractivity contribution is 0.0541. The van der Waals surface area contributed by atoms with Crippen molar-refractivity contribution in [1.29, 1.82) is 0 Å². The quantitative estimate of drug-likeness (QED) is 0.785. The van der Waals surface area contributed by atoms with Gasteiger partial charge in [-0.05, 0) is 33.2 Å². The van der Waals surface area contributed by atoms with Gasteiger partial charge < -0.3 is 0 Å². The number of rotatable bonds is 3. The van der Waals surface area contributed by atoms with E-state index < -0.39 is 5.67 Å². The highest BCUT2D eigenvalue weighted by Crippen LogP contribution is 2.25. The Balaban J connectivity index is 1.99. The third-order valence-corrected chi connectivity index (χ3v) is 3.09. The number of nitrogens with zero attached hydrogens (tertiary/aromatic N) is 4. The molecule has 2 rings (SSSR count). The van der Waals surface area contributed by atoms with Gasteiger partial charge in [0.15, 0.2) is 0 Å². The summed E-state index contributed by atoms with van der Waals surface area (Å²) in [5.41, 5.74) is -1.05. The molecule has 2 heterocycles. The van der Waals surface area contributed by atoms with Gasteiger partial charge in [0.25, 0.3) is 0 Å². The summed E-state index contributed by atoms with van der Waals surface area (Å²) >= 11 is 0. The minimum absolute atomic E-state index is 0.504. The van der Waals surface area contributed by atoms with E-state index in [0.29, 0.717) is 19.5 Å². The molecule has 1 atom stereocenters. The van der Waals surface area contributed by atoms with Crippen molar-refractivity contribution in [2.45, 2.75) is 45.4 Å². The van der Waals surface area contributed by atoms with Crippen LogP contribution in [0.3, 0.4) is 0 Å². The van der Waals surface area contributed by atoms with Crippen LogP contribution in [-0.4, -0.2) is 38.4 Å². The number of aromatic nitrogens is 3. The number of hydrogen-bond acceptors (Lipinski definition) is 3. The molecule has 0 aliphatic carbocycles. The molecule has 90 valence electrons. The molecule has 0 amide bonds. The van der Waals surface area contributed by atoms with Crippen LogP contribution in [0.1, 0.15) is 32.5 Å². The van der Waals surface area contributed by atoms with Crippen molar-refractivity contribution in [3.05, 3.63) is 12.2 Å². The first-order chi connectivity index (χ1) is 7.61. The first-order valence-electron chi connectivity index (χ1n) is 5.89. The van der Waals surface area contributed by atoms with E-state index in [1.54, 1.807) is 13.3 Å². The topological polar surface area (TPSA) is 34.0 Å². The first-order valence-corrected chi connectivity index (χ1v) is 5.89. The van der Waals surface area contributed by atoms with Crippen LogP contribution >= 0.6 is 0 Å². The minimum atomic E-state index is -1.05. The number of hydrogen-bond donors (Lipinski definition) is 0. The summed E-state index contributed by atoms with van der Waals surface area (Å²) in [6.45, 7) is 6.69. The maximum Gasteiger partial charge on any atom is 0.140 e. The molecule has 4 nitrogen and oxygen atoms in total. The summed E-state index contributed by atoms with van der Waals surface area (Å²) < 4.78 is 15.7. The summed E-state index contributed by atoms with van der Waals surface area (Å²) in [6, 6.07) is 0. The second-order valence-electron chi connectivity index (χ2n) is 4.72. The van der Waals surface area contributed by atoms with Crippen molar-refractivity contribution in [3.8, 4) is 0 Å². The fourth-order valence-corrected chi connectivity index (χ4v) is 2.31. The van der Waals surface area contributed by atoms with Crippen LogP contribution in [0.2, 0.25) is 0 Å². The molecule has 0 saturated carbocycles. The lowest BCUT2D eigenvalue weighted by Crippen LogP contribution is -2.43. The predicted octanol–water partition coefficient (Wildman–Crippen LogP) is 1.62. The van der Waals surface area contributed by atoms with Crippen molar-refractivity contribution >= 4 is 0 Å². The lowest BCUT2D eigenvalue weighted by atomic mass is 9.97. The lowest BCUT2D eigenvalue weighted by Gasteiger charge is -2.34. The van der Waals surface area contributed by atoms with E-state index in [2.05, 4.69) is 15.0 Å². The van der Waals surface area contributed by atoms with Gasteiger partial charge >= 0.3 is 0 Å². The molecular formula is C11H19FN4. The van der Waals surface area contributed by atoms with E-state index in [1.807, 2.05) is 11.6 Å². The fourth-order valence-electron chi connectivity index (χ4n) is 2.31. The standard InChI is InChI=1S/C11H19FN4/c1-3-16-10(13-9-14-16)7-15-6-4-5-11(2,12)8-15/h9H,3-8H2,1-2H3. The summed E-state index contributed by atoms with van der Waals surface area (Å²) in [5.74, 6) is 0.931. The van der Waals surface area contributed by atoms with Gasteiger partial charge in [0.2, 0.25) is 0 Å². The van der Waals surface area contributed by atoms with E-state index in [4.69, 9.17) is 0 Å². The Morgan fingerprint density at radius 1 is 1.56 bits per heavy atom. The molecule has 1 unspecified atom stereocenters. The SMILES string of the molecule is CCn1ncnc1CN1CCCC(C)(F)C1. The maximum absolute atomic E-state index is 13.8. The largest absolute Gasteiger partial charge is 0.293 e. The Morgan fingerprint density at radius 3 is 3.06 bits per heavy atom. The van der Waals surface area contributed by atoms with Gasteiger partial charge in [-0.15, -0.1) is 0 Å². The van der Waals surface area contributed by atoms with Gasteiger partial charge in [-0.25, -0.2) is 14.1 Å². The van der Waals surface area contributed by atoms with Gasteiger partial charge in [0.1, 0.15) is 17.8 Å². The van der Waals surface area contributed by atoms with E-state index in [9.17, 15) is 4.39 Å². The van der Waals surface area contributed by atoms with Gasteiger partial charge in [0, 0.05) is 13.1 Å². The van der Waals surface area contributed by atoms with Crippen molar-refractivity contribution in [2.75, 3.05) is 13.1 Å². The molecule has 0 spiro atoms. The number of piperidine rings is 1. The van der Waals surface area contributed by atoms with Crippen LogP contribution in [-0.2, 0) is 13.1 Å². The molecule has 1 aromatic rings. The maximum atomic E-state index is 13.8. The van der Waals surface area contributed by atoms with Crippen LogP contribution < -0.4 is 0 Å². The van der Waals surface area contributed by atoms with Crippen molar-refractivity contribution in [1.82, 2.24) is 19.7 Å². The summed E-state index contributed by atoms with van der Waals surface area (Å²) in [7, 11) is 0. The van der Waals surface area contributed by atoms with E-state index in [1.165, 1.54) is 0 Å². The molecule has 1 aromatic heterocycles. The van der Waals surface area contributed by atoms with Crippen molar-refractivity contribution in [3.63, 3.8) is 0 Å². The Labute approximate surface area is 95.5 Å². The molecule has 0 radical (unpaired) electrons. The molecular weight excluding hydrogens is 207 g/mol. The molecule has 1 aliphatic heterocycles. The average molecular weight is 226 g/mol.